The van der Waals surface area contributed by atoms with Crippen LogP contribution in [0.4, 0.5) is 45.5 Å². The van der Waals surface area contributed by atoms with E-state index in [0.717, 1.165) is 6.42 Å². The lowest BCUT2D eigenvalue weighted by molar-refractivity contribution is 0.195. The second-order valence-corrected chi connectivity index (χ2v) is 25.0. The summed E-state index contributed by atoms with van der Waals surface area (Å²) >= 11 is 0. The van der Waals surface area contributed by atoms with Crippen molar-refractivity contribution in [3.63, 3.8) is 0 Å². The van der Waals surface area contributed by atoms with Crippen molar-refractivity contribution in [1.29, 1.82) is 0 Å². The van der Waals surface area contributed by atoms with Gasteiger partial charge in [0.05, 0.1) is 11.2 Å². The van der Waals surface area contributed by atoms with Crippen molar-refractivity contribution >= 4 is 68.6 Å². The van der Waals surface area contributed by atoms with E-state index < -0.39 is 0 Å². The molecule has 3 heterocycles. The zero-order valence-electron chi connectivity index (χ0n) is 46.2. The standard InChI is InChI=1S/C72H70BN3/c1-47-41-66-68-67(42-47)75(62-38-31-54(70(6,7)8)45-58(62)50-24-15-12-16-25-50)64-44-51(49-22-13-11-14-23-49)27-35-60(64)73(68)61-36-34-56(46-65(61)74(66)55-32-29-53(30-33-55)69(3,4)5)76-63-37-28-52(57-26-18-17-21-48(57)2)43-59(63)71(9)39-19-20-40-72(71,76)10/h11-18,21-38,41-46H,19-20,39-40H2,1-10H3. The number of nitrogens with zero attached hydrogens (tertiary/aromatic N) is 3. The highest BCUT2D eigenvalue weighted by atomic mass is 15.3. The normalized spacial score (nSPS) is 18.4. The van der Waals surface area contributed by atoms with Crippen LogP contribution in [0, 0.1) is 13.8 Å². The Kier molecular flexibility index (Phi) is 11.1. The fraction of sp³-hybridized carbons (Fsp3) is 0.250. The van der Waals surface area contributed by atoms with E-state index in [2.05, 4.69) is 278 Å². The molecule has 1 saturated carbocycles. The van der Waals surface area contributed by atoms with Gasteiger partial charge in [-0.3, -0.25) is 0 Å². The summed E-state index contributed by atoms with van der Waals surface area (Å²) in [6, 6.07) is 74.7. The maximum absolute atomic E-state index is 2.77. The zero-order chi connectivity index (χ0) is 52.5. The lowest BCUT2D eigenvalue weighted by Crippen LogP contribution is -2.61. The molecule has 0 N–H and O–H groups in total. The Balaban J connectivity index is 1.07. The minimum absolute atomic E-state index is 0.0191. The van der Waals surface area contributed by atoms with Crippen molar-refractivity contribution in [2.45, 2.75) is 117 Å². The molecule has 4 aliphatic rings. The number of aryl methyl sites for hydroxylation is 2. The summed E-state index contributed by atoms with van der Waals surface area (Å²) in [6.07, 6.45) is 4.77. The molecule has 1 aliphatic carbocycles. The molecule has 0 spiro atoms. The van der Waals surface area contributed by atoms with Crippen molar-refractivity contribution in [2.75, 3.05) is 14.7 Å². The van der Waals surface area contributed by atoms with Crippen LogP contribution in [0.25, 0.3) is 33.4 Å². The molecule has 9 aromatic carbocycles. The van der Waals surface area contributed by atoms with Crippen LogP contribution in [0.5, 0.6) is 0 Å². The third-order valence-electron chi connectivity index (χ3n) is 18.3. The Morgan fingerprint density at radius 1 is 0.421 bits per heavy atom. The monoisotopic (exact) mass is 988 g/mol. The van der Waals surface area contributed by atoms with E-state index in [1.54, 1.807) is 0 Å². The predicted molar refractivity (Wildman–Crippen MR) is 326 cm³/mol. The van der Waals surface area contributed by atoms with Crippen molar-refractivity contribution in [1.82, 2.24) is 0 Å². The predicted octanol–water partition coefficient (Wildman–Crippen LogP) is 17.7. The SMILES string of the molecule is Cc1cc2c3c(c1)N(c1ccc(C(C)(C)C)cc1-c1ccccc1)c1cc(-c4ccccc4)ccc1B3c1ccc(N3c4ccc(-c5ccccc5C)cc4C4(C)CCCCC34C)cc1N2c1ccc(C(C)(C)C)cc1. The third kappa shape index (κ3) is 7.45. The molecule has 0 saturated heterocycles. The van der Waals surface area contributed by atoms with Gasteiger partial charge in [0, 0.05) is 50.8 Å². The van der Waals surface area contributed by atoms with Crippen molar-refractivity contribution < 1.29 is 0 Å². The van der Waals surface area contributed by atoms with E-state index in [4.69, 9.17) is 0 Å². The summed E-state index contributed by atoms with van der Waals surface area (Å²) in [5, 5.41) is 0. The molecule has 2 atom stereocenters. The summed E-state index contributed by atoms with van der Waals surface area (Å²) in [5.41, 5.74) is 27.9. The van der Waals surface area contributed by atoms with Crippen LogP contribution >= 0.6 is 0 Å². The number of hydrogen-bond acceptors (Lipinski definition) is 3. The first-order valence-corrected chi connectivity index (χ1v) is 27.9. The van der Waals surface area contributed by atoms with Gasteiger partial charge in [-0.1, -0.05) is 189 Å². The highest BCUT2D eigenvalue weighted by Gasteiger charge is 2.58. The molecule has 76 heavy (non-hydrogen) atoms. The molecule has 376 valence electrons. The van der Waals surface area contributed by atoms with E-state index in [1.165, 1.54) is 142 Å². The average Bonchev–Trinajstić information content (AvgIpc) is 3.79. The van der Waals surface area contributed by atoms with Crippen LogP contribution in [0.3, 0.4) is 0 Å². The fourth-order valence-corrected chi connectivity index (χ4v) is 14.0. The lowest BCUT2D eigenvalue weighted by atomic mass is 9.33. The highest BCUT2D eigenvalue weighted by Crippen LogP contribution is 2.62. The molecule has 0 aromatic heterocycles. The first-order chi connectivity index (χ1) is 36.5. The first kappa shape index (κ1) is 48.1. The van der Waals surface area contributed by atoms with Crippen LogP contribution in [0.2, 0.25) is 0 Å². The Morgan fingerprint density at radius 2 is 1.00 bits per heavy atom. The molecule has 13 rings (SSSR count). The van der Waals surface area contributed by atoms with Crippen molar-refractivity contribution in [3.8, 4) is 33.4 Å². The van der Waals surface area contributed by atoms with Gasteiger partial charge in [-0.2, -0.15) is 0 Å². The van der Waals surface area contributed by atoms with Gasteiger partial charge < -0.3 is 14.7 Å². The topological polar surface area (TPSA) is 9.72 Å². The van der Waals surface area contributed by atoms with Gasteiger partial charge in [-0.05, 0) is 183 Å². The third-order valence-corrected chi connectivity index (χ3v) is 18.3. The molecule has 1 fully saturated rings. The van der Waals surface area contributed by atoms with E-state index >= 15 is 0 Å². The molecule has 0 radical (unpaired) electrons. The second kappa shape index (κ2) is 17.5. The van der Waals surface area contributed by atoms with Crippen LogP contribution in [0.1, 0.15) is 109 Å². The van der Waals surface area contributed by atoms with Crippen LogP contribution in [-0.2, 0) is 16.2 Å². The number of hydrogen-bond donors (Lipinski definition) is 0. The molecule has 2 unspecified atom stereocenters. The number of anilines is 8. The maximum Gasteiger partial charge on any atom is 0.252 e. The van der Waals surface area contributed by atoms with Crippen molar-refractivity contribution in [2.24, 2.45) is 0 Å². The number of rotatable bonds is 6. The van der Waals surface area contributed by atoms with Gasteiger partial charge in [0.1, 0.15) is 0 Å². The molecule has 0 bridgehead atoms. The summed E-state index contributed by atoms with van der Waals surface area (Å²) < 4.78 is 0. The van der Waals surface area contributed by atoms with E-state index in [-0.39, 0.29) is 28.5 Å². The Bertz CT molecular complexity index is 3750. The molecule has 9 aromatic rings. The molecule has 3 aliphatic heterocycles. The largest absolute Gasteiger partial charge is 0.334 e. The maximum atomic E-state index is 2.77. The van der Waals surface area contributed by atoms with Gasteiger partial charge in [-0.25, -0.2) is 0 Å². The molecule has 4 heteroatoms. The number of benzene rings is 9. The van der Waals surface area contributed by atoms with Crippen molar-refractivity contribution in [3.05, 3.63) is 222 Å². The Morgan fingerprint density at radius 3 is 1.70 bits per heavy atom. The van der Waals surface area contributed by atoms with Gasteiger partial charge >= 0.3 is 0 Å². The highest BCUT2D eigenvalue weighted by molar-refractivity contribution is 7.00. The smallest absolute Gasteiger partial charge is 0.252 e. The summed E-state index contributed by atoms with van der Waals surface area (Å²) in [7, 11) is 0. The van der Waals surface area contributed by atoms with Crippen LogP contribution in [-0.4, -0.2) is 12.3 Å². The van der Waals surface area contributed by atoms with Gasteiger partial charge in [0.25, 0.3) is 6.71 Å². The minimum atomic E-state index is -0.119. The average molecular weight is 988 g/mol. The summed E-state index contributed by atoms with van der Waals surface area (Å²) in [5.74, 6) is 0. The molecular formula is C72H70BN3. The Labute approximate surface area is 453 Å². The summed E-state index contributed by atoms with van der Waals surface area (Å²) in [4.78, 5) is 8.02. The van der Waals surface area contributed by atoms with E-state index in [1.807, 2.05) is 0 Å². The minimum Gasteiger partial charge on any atom is -0.334 e. The Hall–Kier alpha value is -7.56. The molecule has 3 nitrogen and oxygen atoms in total. The second-order valence-electron chi connectivity index (χ2n) is 25.0. The van der Waals surface area contributed by atoms with E-state index in [9.17, 15) is 0 Å². The van der Waals surface area contributed by atoms with Gasteiger partial charge in [0.15, 0.2) is 0 Å². The van der Waals surface area contributed by atoms with Gasteiger partial charge in [-0.15, -0.1) is 0 Å². The number of fused-ring (bicyclic) bond motifs is 7. The quantitative estimate of drug-likeness (QED) is 0.154. The molecular weight excluding hydrogens is 918 g/mol. The lowest BCUT2D eigenvalue weighted by Gasteiger charge is -2.50. The van der Waals surface area contributed by atoms with Crippen LogP contribution in [0.15, 0.2) is 194 Å². The summed E-state index contributed by atoms with van der Waals surface area (Å²) in [6.45, 7) is 23.6. The first-order valence-electron chi connectivity index (χ1n) is 27.9. The van der Waals surface area contributed by atoms with E-state index in [0.29, 0.717) is 0 Å². The fourth-order valence-electron chi connectivity index (χ4n) is 14.0. The zero-order valence-corrected chi connectivity index (χ0v) is 46.2. The molecule has 0 amide bonds. The van der Waals surface area contributed by atoms with Crippen LogP contribution < -0.4 is 31.1 Å². The van der Waals surface area contributed by atoms with Gasteiger partial charge in [0.2, 0.25) is 0 Å².